The van der Waals surface area contributed by atoms with Gasteiger partial charge in [0.05, 0.1) is 5.69 Å². The number of furan rings is 1. The zero-order chi connectivity index (χ0) is 44.8. The van der Waals surface area contributed by atoms with Crippen molar-refractivity contribution in [3.05, 3.63) is 142 Å². The van der Waals surface area contributed by atoms with Gasteiger partial charge in [-0.2, -0.15) is 0 Å². The average Bonchev–Trinajstić information content (AvgIpc) is 3.60. The molecule has 4 aromatic carbocycles. The largest absolute Gasteiger partial charge is 0.440 e. The summed E-state index contributed by atoms with van der Waals surface area (Å²) in [4.78, 5) is 5.24. The lowest BCUT2D eigenvalue weighted by molar-refractivity contribution is 0.121. The molecule has 2 unspecified atom stereocenters. The van der Waals surface area contributed by atoms with E-state index in [4.69, 9.17) is 4.42 Å². The van der Waals surface area contributed by atoms with E-state index in [1.807, 2.05) is 0 Å². The molecule has 4 heteroatoms. The third-order valence-corrected chi connectivity index (χ3v) is 15.9. The van der Waals surface area contributed by atoms with Crippen LogP contribution in [0.15, 0.2) is 130 Å². The summed E-state index contributed by atoms with van der Waals surface area (Å²) in [6, 6.07) is 30.1. The molecule has 0 radical (unpaired) electrons. The molecule has 3 aliphatic carbocycles. The number of nitrogens with zero attached hydrogens (tertiary/aromatic N) is 2. The Morgan fingerprint density at radius 3 is 2.03 bits per heavy atom. The highest BCUT2D eigenvalue weighted by Crippen LogP contribution is 2.59. The lowest BCUT2D eigenvalue weighted by atomic mass is 9.31. The maximum atomic E-state index is 7.40. The number of rotatable bonds is 3. The maximum Gasteiger partial charge on any atom is 0.256 e. The molecule has 0 amide bonds. The topological polar surface area (TPSA) is 19.6 Å². The molecule has 5 aliphatic rings. The normalized spacial score (nSPS) is 21.5. The Bertz CT molecular complexity index is 2820. The van der Waals surface area contributed by atoms with Crippen molar-refractivity contribution in [1.29, 1.82) is 0 Å². The second-order valence-electron chi connectivity index (χ2n) is 24.3. The molecule has 2 aliphatic heterocycles. The molecule has 2 atom stereocenters. The van der Waals surface area contributed by atoms with Crippen molar-refractivity contribution in [3.8, 4) is 11.1 Å². The van der Waals surface area contributed by atoms with Crippen molar-refractivity contribution < 1.29 is 4.42 Å². The van der Waals surface area contributed by atoms with Crippen molar-refractivity contribution in [2.45, 2.75) is 133 Å². The Kier molecular flexibility index (Phi) is 9.35. The monoisotopic (exact) mass is 833 g/mol. The van der Waals surface area contributed by atoms with Gasteiger partial charge in [-0.15, -0.1) is 0 Å². The van der Waals surface area contributed by atoms with Gasteiger partial charge >= 0.3 is 0 Å². The van der Waals surface area contributed by atoms with Crippen LogP contribution in [0.25, 0.3) is 22.1 Å². The van der Waals surface area contributed by atoms with E-state index in [0.717, 1.165) is 30.0 Å². The SMILES string of the molecule is Cc1cc2c3c(c1)N(c1ccc(C(C)(C)C)cc1-c1ccccc1)c1oc4ccc(C(C)(C)C)cc4c1B3C1=C(CC3C(=C1)C(C)(C)CCC3(C)C)N2C1=CCC(C(C)(C)C)C=C1. The zero-order valence-electron chi connectivity index (χ0n) is 40.7. The van der Waals surface area contributed by atoms with Crippen molar-refractivity contribution in [1.82, 2.24) is 0 Å². The highest BCUT2D eigenvalue weighted by atomic mass is 16.4. The summed E-state index contributed by atoms with van der Waals surface area (Å²) in [7, 11) is 0. The maximum absolute atomic E-state index is 7.40. The van der Waals surface area contributed by atoms with Gasteiger partial charge in [0.15, 0.2) is 0 Å². The summed E-state index contributed by atoms with van der Waals surface area (Å²) in [5, 5.41) is 1.23. The number of aryl methyl sites for hydroxylation is 1. The molecule has 5 aromatic rings. The van der Waals surface area contributed by atoms with Gasteiger partial charge in [0, 0.05) is 39.2 Å². The van der Waals surface area contributed by atoms with E-state index >= 15 is 0 Å². The van der Waals surface area contributed by atoms with Crippen molar-refractivity contribution in [2.24, 2.45) is 28.1 Å². The quantitative estimate of drug-likeness (QED) is 0.169. The highest BCUT2D eigenvalue weighted by molar-refractivity contribution is 6.97. The van der Waals surface area contributed by atoms with Gasteiger partial charge in [0.25, 0.3) is 6.71 Å². The molecule has 1 aromatic heterocycles. The van der Waals surface area contributed by atoms with Gasteiger partial charge in [-0.1, -0.05) is 156 Å². The summed E-state index contributed by atoms with van der Waals surface area (Å²) < 4.78 is 7.40. The van der Waals surface area contributed by atoms with E-state index in [1.54, 1.807) is 5.57 Å². The fourth-order valence-electron chi connectivity index (χ4n) is 11.7. The van der Waals surface area contributed by atoms with E-state index in [9.17, 15) is 0 Å². The van der Waals surface area contributed by atoms with Crippen LogP contribution in [0.1, 0.15) is 132 Å². The molecule has 0 N–H and O–H groups in total. The average molecular weight is 833 g/mol. The third-order valence-electron chi connectivity index (χ3n) is 15.9. The minimum atomic E-state index is -0.0214. The van der Waals surface area contributed by atoms with Crippen molar-refractivity contribution >= 4 is 51.6 Å². The standard InChI is InChI=1S/C59H69BN2O/c1-36-30-49-53-50(31-36)62(47-26-22-39(56(5,6)7)32-42(47)37-18-16-15-17-19-37)54-52(43-33-40(57(8,9)10)23-27-51(43)63-54)60(53)46-34-44-45(59(13,14)29-28-58(44,11)12)35-48(46)61(49)41-24-20-38(21-25-41)55(2,3)4/h15-20,22-27,30-34,38,45H,21,28-29,35H2,1-14H3. The van der Waals surface area contributed by atoms with Crippen LogP contribution in [0.5, 0.6) is 0 Å². The number of hydrogen-bond acceptors (Lipinski definition) is 3. The Labute approximate surface area is 379 Å². The van der Waals surface area contributed by atoms with Crippen LogP contribution < -0.4 is 20.7 Å². The molecule has 324 valence electrons. The fourth-order valence-corrected chi connectivity index (χ4v) is 11.7. The molecule has 0 bridgehead atoms. The fraction of sp³-hybridized carbons (Fsp3) is 0.424. The minimum Gasteiger partial charge on any atom is -0.440 e. The second-order valence-corrected chi connectivity index (χ2v) is 24.3. The van der Waals surface area contributed by atoms with Gasteiger partial charge in [-0.3, -0.25) is 4.90 Å². The highest BCUT2D eigenvalue weighted by Gasteiger charge is 2.53. The first kappa shape index (κ1) is 42.0. The van der Waals surface area contributed by atoms with E-state index in [-0.39, 0.29) is 33.8 Å². The third kappa shape index (κ3) is 6.75. The number of benzene rings is 4. The first-order valence-corrected chi connectivity index (χ1v) is 23.9. The van der Waals surface area contributed by atoms with E-state index in [2.05, 4.69) is 210 Å². The predicted molar refractivity (Wildman–Crippen MR) is 271 cm³/mol. The Balaban J connectivity index is 1.32. The molecule has 3 heterocycles. The van der Waals surface area contributed by atoms with Crippen LogP contribution in [0.3, 0.4) is 0 Å². The molecular weight excluding hydrogens is 763 g/mol. The Morgan fingerprint density at radius 2 is 1.38 bits per heavy atom. The van der Waals surface area contributed by atoms with Crippen LogP contribution >= 0.6 is 0 Å². The van der Waals surface area contributed by atoms with Gasteiger partial charge in [-0.25, -0.2) is 0 Å². The zero-order valence-corrected chi connectivity index (χ0v) is 40.7. The van der Waals surface area contributed by atoms with Crippen LogP contribution in [-0.4, -0.2) is 6.71 Å². The molecule has 10 rings (SSSR count). The molecule has 63 heavy (non-hydrogen) atoms. The number of anilines is 4. The van der Waals surface area contributed by atoms with Gasteiger partial charge in [0.1, 0.15) is 5.58 Å². The van der Waals surface area contributed by atoms with E-state index in [1.165, 1.54) is 85.2 Å². The smallest absolute Gasteiger partial charge is 0.256 e. The van der Waals surface area contributed by atoms with Gasteiger partial charge in [-0.05, 0) is 147 Å². The summed E-state index contributed by atoms with van der Waals surface area (Å²) in [5.41, 5.74) is 19.9. The van der Waals surface area contributed by atoms with Crippen molar-refractivity contribution in [2.75, 3.05) is 9.80 Å². The molecular formula is C59H69BN2O. The molecule has 1 fully saturated rings. The summed E-state index contributed by atoms with van der Waals surface area (Å²) in [6.07, 6.45) is 14.7. The van der Waals surface area contributed by atoms with Gasteiger partial charge in [0.2, 0.25) is 5.88 Å². The van der Waals surface area contributed by atoms with Crippen LogP contribution in [0, 0.1) is 35.0 Å². The molecule has 0 saturated heterocycles. The van der Waals surface area contributed by atoms with Crippen molar-refractivity contribution in [3.63, 3.8) is 0 Å². The van der Waals surface area contributed by atoms with Crippen LogP contribution in [0.2, 0.25) is 0 Å². The summed E-state index contributed by atoms with van der Waals surface area (Å²) in [6.45, 7) is 33.5. The first-order valence-electron chi connectivity index (χ1n) is 23.9. The molecule has 0 spiro atoms. The Morgan fingerprint density at radius 1 is 0.714 bits per heavy atom. The number of hydrogen-bond donors (Lipinski definition) is 0. The van der Waals surface area contributed by atoms with Crippen LogP contribution in [-0.2, 0) is 10.8 Å². The number of fused-ring (bicyclic) bond motifs is 6. The van der Waals surface area contributed by atoms with Gasteiger partial charge < -0.3 is 9.32 Å². The van der Waals surface area contributed by atoms with E-state index < -0.39 is 0 Å². The van der Waals surface area contributed by atoms with Crippen LogP contribution in [0.4, 0.5) is 22.9 Å². The lowest BCUT2D eigenvalue weighted by Crippen LogP contribution is -2.57. The molecule has 1 saturated carbocycles. The Hall–Kier alpha value is -4.96. The number of allylic oxidation sites excluding steroid dienone is 7. The second kappa shape index (κ2) is 14.0. The minimum absolute atomic E-state index is 0.00312. The van der Waals surface area contributed by atoms with E-state index in [0.29, 0.717) is 11.8 Å². The predicted octanol–water partition coefficient (Wildman–Crippen LogP) is 15.3. The lowest BCUT2D eigenvalue weighted by Gasteiger charge is -2.53. The molecule has 3 nitrogen and oxygen atoms in total. The summed E-state index contributed by atoms with van der Waals surface area (Å²) >= 11 is 0. The first-order chi connectivity index (χ1) is 29.5. The summed E-state index contributed by atoms with van der Waals surface area (Å²) in [5.74, 6) is 1.90.